The van der Waals surface area contributed by atoms with Crippen molar-refractivity contribution < 1.29 is 0 Å². The summed E-state index contributed by atoms with van der Waals surface area (Å²) >= 11 is 0. The molecule has 0 atom stereocenters. The molecule has 6 aliphatic rings. The molecule has 2 saturated carbocycles. The lowest BCUT2D eigenvalue weighted by molar-refractivity contribution is -0.0144. The molecule has 4 heterocycles. The van der Waals surface area contributed by atoms with Gasteiger partial charge in [0.05, 0.1) is 11.4 Å². The first-order chi connectivity index (χ1) is 16.1. The Morgan fingerprint density at radius 2 is 0.824 bits per heavy atom. The van der Waals surface area contributed by atoms with E-state index >= 15 is 0 Å². The quantitative estimate of drug-likeness (QED) is 0.472. The second kappa shape index (κ2) is 7.86. The van der Waals surface area contributed by atoms with E-state index in [1.165, 1.54) is 73.5 Å². The van der Waals surface area contributed by atoms with Gasteiger partial charge in [0.15, 0.2) is 0 Å². The monoisotopic (exact) mass is 460 g/mol. The van der Waals surface area contributed by atoms with Gasteiger partial charge in [0.25, 0.3) is 0 Å². The molecule has 184 valence electrons. The Kier molecular flexibility index (Phi) is 5.24. The van der Waals surface area contributed by atoms with Gasteiger partial charge in [-0.3, -0.25) is 0 Å². The van der Waals surface area contributed by atoms with Gasteiger partial charge in [-0.25, -0.2) is 10.0 Å². The number of benzene rings is 2. The molecule has 4 bridgehead atoms. The van der Waals surface area contributed by atoms with Crippen molar-refractivity contribution in [2.24, 2.45) is 0 Å². The van der Waals surface area contributed by atoms with Gasteiger partial charge in [0, 0.05) is 35.2 Å². The highest BCUT2D eigenvalue weighted by Crippen LogP contribution is 2.45. The first-order valence-electron chi connectivity index (χ1n) is 13.8. The van der Waals surface area contributed by atoms with E-state index in [9.17, 15) is 0 Å². The van der Waals surface area contributed by atoms with Crippen molar-refractivity contribution in [2.45, 2.75) is 128 Å². The van der Waals surface area contributed by atoms with Gasteiger partial charge in [-0.1, -0.05) is 12.1 Å². The number of rotatable bonds is 2. The lowest BCUT2D eigenvalue weighted by Gasteiger charge is -2.59. The van der Waals surface area contributed by atoms with Crippen LogP contribution < -0.4 is 10.0 Å². The Bertz CT molecular complexity index is 962. The molecule has 0 amide bonds. The minimum atomic E-state index is 0.145. The van der Waals surface area contributed by atoms with Crippen LogP contribution in [0.2, 0.25) is 0 Å². The van der Waals surface area contributed by atoms with Crippen LogP contribution in [-0.2, 0) is 0 Å². The van der Waals surface area contributed by atoms with Gasteiger partial charge >= 0.3 is 0 Å². The average molecular weight is 461 g/mol. The summed E-state index contributed by atoms with van der Waals surface area (Å²) < 4.78 is 0. The Morgan fingerprint density at radius 1 is 0.500 bits per heavy atom. The highest BCUT2D eigenvalue weighted by Gasteiger charge is 2.46. The Morgan fingerprint density at radius 3 is 1.15 bits per heavy atom. The van der Waals surface area contributed by atoms with Gasteiger partial charge in [-0.2, -0.15) is 0 Å². The highest BCUT2D eigenvalue weighted by atomic mass is 15.7. The van der Waals surface area contributed by atoms with Crippen LogP contribution in [0.3, 0.4) is 0 Å². The zero-order valence-corrected chi connectivity index (χ0v) is 22.2. The molecule has 0 radical (unpaired) electrons. The zero-order valence-electron chi connectivity index (χ0n) is 22.2. The van der Waals surface area contributed by atoms with Gasteiger partial charge in [-0.05, 0) is 128 Å². The Hall–Kier alpha value is -1.78. The molecule has 0 aromatic heterocycles. The summed E-state index contributed by atoms with van der Waals surface area (Å²) in [5.41, 5.74) is 3.04. The van der Waals surface area contributed by atoms with E-state index in [0.29, 0.717) is 24.2 Å². The maximum Gasteiger partial charge on any atom is 0.0532 e. The van der Waals surface area contributed by atoms with Crippen molar-refractivity contribution in [3.63, 3.8) is 0 Å². The van der Waals surface area contributed by atoms with Crippen LogP contribution in [0.25, 0.3) is 10.8 Å². The van der Waals surface area contributed by atoms with Crippen molar-refractivity contribution in [3.05, 3.63) is 36.4 Å². The second-order valence-corrected chi connectivity index (χ2v) is 13.4. The molecular formula is C30H44N4. The predicted molar refractivity (Wildman–Crippen MR) is 144 cm³/mol. The standard InChI is InChI=1S/C30H44N4/c1-29(2,3)33-25-15-11-23(12-16-25)31(33)27-9-7-22-20-28(10-8-21(22)19-27)32-24-13-17-26(18-14-24)34(32)30(4,5)6/h7-10,19-20,23-26H,11-18H2,1-6H3. The van der Waals surface area contributed by atoms with E-state index in [1.807, 2.05) is 0 Å². The van der Waals surface area contributed by atoms with Crippen molar-refractivity contribution in [1.82, 2.24) is 10.0 Å². The van der Waals surface area contributed by atoms with E-state index in [-0.39, 0.29) is 11.1 Å². The first kappa shape index (κ1) is 22.7. The summed E-state index contributed by atoms with van der Waals surface area (Å²) in [5, 5.41) is 13.4. The number of fused-ring (bicyclic) bond motifs is 7. The van der Waals surface area contributed by atoms with Gasteiger partial charge in [0.1, 0.15) is 0 Å². The zero-order chi connectivity index (χ0) is 23.8. The normalized spacial score (nSPS) is 30.5. The molecule has 4 nitrogen and oxygen atoms in total. The summed E-state index contributed by atoms with van der Waals surface area (Å²) in [6.07, 6.45) is 10.7. The number of hydrogen-bond acceptors (Lipinski definition) is 4. The molecule has 2 aromatic carbocycles. The maximum atomic E-state index is 2.70. The molecule has 4 heteroatoms. The van der Waals surface area contributed by atoms with Crippen LogP contribution >= 0.6 is 0 Å². The molecule has 2 aromatic rings. The van der Waals surface area contributed by atoms with Crippen LogP contribution in [0.15, 0.2) is 36.4 Å². The number of nitrogens with zero attached hydrogens (tertiary/aromatic N) is 4. The van der Waals surface area contributed by atoms with Gasteiger partial charge in [-0.15, -0.1) is 0 Å². The lowest BCUT2D eigenvalue weighted by atomic mass is 9.84. The lowest BCUT2D eigenvalue weighted by Crippen LogP contribution is -2.67. The van der Waals surface area contributed by atoms with Crippen molar-refractivity contribution in [3.8, 4) is 0 Å². The third-order valence-corrected chi connectivity index (χ3v) is 8.89. The predicted octanol–water partition coefficient (Wildman–Crippen LogP) is 7.13. The van der Waals surface area contributed by atoms with Crippen LogP contribution in [0.5, 0.6) is 0 Å². The van der Waals surface area contributed by atoms with E-state index in [4.69, 9.17) is 0 Å². The molecule has 4 aliphatic heterocycles. The van der Waals surface area contributed by atoms with Crippen LogP contribution in [0.4, 0.5) is 11.4 Å². The SMILES string of the molecule is CC(C)(C)N1C2CCC(CC2)N1c1ccc2cc(N3C4CCC(CC4)N3C(C)(C)C)ccc2c1. The van der Waals surface area contributed by atoms with Crippen LogP contribution in [-0.4, -0.2) is 45.3 Å². The molecule has 8 rings (SSSR count). The number of hydrogen-bond donors (Lipinski definition) is 0. The van der Waals surface area contributed by atoms with E-state index in [1.54, 1.807) is 0 Å². The molecule has 0 N–H and O–H groups in total. The van der Waals surface area contributed by atoms with E-state index < -0.39 is 0 Å². The summed E-state index contributed by atoms with van der Waals surface area (Å²) in [7, 11) is 0. The fraction of sp³-hybridized carbons (Fsp3) is 0.667. The van der Waals surface area contributed by atoms with Crippen LogP contribution in [0, 0.1) is 0 Å². The molecule has 2 aliphatic carbocycles. The topological polar surface area (TPSA) is 13.0 Å². The summed E-state index contributed by atoms with van der Waals surface area (Å²) in [6.45, 7) is 14.3. The molecule has 0 spiro atoms. The summed E-state index contributed by atoms with van der Waals surface area (Å²) in [4.78, 5) is 0. The molecule has 0 unspecified atom stereocenters. The fourth-order valence-electron chi connectivity index (χ4n) is 7.72. The third-order valence-electron chi connectivity index (χ3n) is 8.89. The molecule has 4 saturated heterocycles. The summed E-state index contributed by atoms with van der Waals surface area (Å²) in [6, 6.07) is 17.1. The molecule has 34 heavy (non-hydrogen) atoms. The van der Waals surface area contributed by atoms with Crippen molar-refractivity contribution >= 4 is 22.1 Å². The highest BCUT2D eigenvalue weighted by molar-refractivity contribution is 5.89. The van der Waals surface area contributed by atoms with E-state index in [2.05, 4.69) is 98.0 Å². The van der Waals surface area contributed by atoms with Crippen LogP contribution in [0.1, 0.15) is 92.9 Å². The van der Waals surface area contributed by atoms with E-state index in [0.717, 1.165) is 0 Å². The third kappa shape index (κ3) is 3.64. The number of hydrazine groups is 2. The average Bonchev–Trinajstić information content (AvgIpc) is 2.82. The Balaban J connectivity index is 1.36. The van der Waals surface area contributed by atoms with Crippen molar-refractivity contribution in [1.29, 1.82) is 0 Å². The Labute approximate surface area is 206 Å². The maximum absolute atomic E-state index is 2.70. The van der Waals surface area contributed by atoms with Gasteiger partial charge in [0.2, 0.25) is 0 Å². The second-order valence-electron chi connectivity index (χ2n) is 13.4. The largest absolute Gasteiger partial charge is 0.302 e. The number of anilines is 2. The molecular weight excluding hydrogens is 416 g/mol. The smallest absolute Gasteiger partial charge is 0.0532 e. The first-order valence-corrected chi connectivity index (χ1v) is 13.8. The fourth-order valence-corrected chi connectivity index (χ4v) is 7.72. The summed E-state index contributed by atoms with van der Waals surface area (Å²) in [5.74, 6) is 0. The van der Waals surface area contributed by atoms with Gasteiger partial charge < -0.3 is 10.0 Å². The minimum absolute atomic E-state index is 0.145. The minimum Gasteiger partial charge on any atom is -0.302 e. The molecule has 6 fully saturated rings. The van der Waals surface area contributed by atoms with Crippen molar-refractivity contribution in [2.75, 3.05) is 10.0 Å².